The topological polar surface area (TPSA) is 40.6 Å². The summed E-state index contributed by atoms with van der Waals surface area (Å²) >= 11 is 0. The van der Waals surface area contributed by atoms with E-state index in [-0.39, 0.29) is 11.8 Å². The molecule has 2 aromatic carbocycles. The number of hydrogen-bond acceptors (Lipinski definition) is 2. The van der Waals surface area contributed by atoms with Gasteiger partial charge in [-0.25, -0.2) is 0 Å². The normalized spacial score (nSPS) is 10.4. The van der Waals surface area contributed by atoms with Crippen LogP contribution in [0.1, 0.15) is 31.4 Å². The van der Waals surface area contributed by atoms with Crippen LogP contribution in [0.15, 0.2) is 54.6 Å². The number of anilines is 1. The van der Waals surface area contributed by atoms with Crippen LogP contribution in [0.2, 0.25) is 0 Å². The molecular weight excluding hydrogens is 312 g/mol. The van der Waals surface area contributed by atoms with Crippen molar-refractivity contribution in [2.24, 2.45) is 0 Å². The molecule has 4 heteroatoms. The summed E-state index contributed by atoms with van der Waals surface area (Å²) in [4.78, 5) is 27.9. The van der Waals surface area contributed by atoms with Crippen molar-refractivity contribution in [2.45, 2.75) is 33.2 Å². The summed E-state index contributed by atoms with van der Waals surface area (Å²) in [7, 11) is 1.80. The minimum Gasteiger partial charge on any atom is -0.341 e. The predicted molar refractivity (Wildman–Crippen MR) is 101 cm³/mol. The van der Waals surface area contributed by atoms with Crippen LogP contribution in [-0.4, -0.2) is 30.3 Å². The van der Waals surface area contributed by atoms with Crippen LogP contribution in [0.4, 0.5) is 5.69 Å². The molecule has 0 bridgehead atoms. The lowest BCUT2D eigenvalue weighted by Crippen LogP contribution is -2.35. The van der Waals surface area contributed by atoms with E-state index in [9.17, 15) is 9.59 Å². The molecule has 4 nitrogen and oxygen atoms in total. The van der Waals surface area contributed by atoms with Gasteiger partial charge in [-0.1, -0.05) is 55.5 Å². The SMILES string of the molecule is CCc1ccccc1N(CCC(=O)N(C)Cc1ccccc1)C(C)=O. The van der Waals surface area contributed by atoms with Gasteiger partial charge in [0.25, 0.3) is 0 Å². The third kappa shape index (κ3) is 5.18. The smallest absolute Gasteiger partial charge is 0.224 e. The van der Waals surface area contributed by atoms with Crippen molar-refractivity contribution in [3.8, 4) is 0 Å². The minimum absolute atomic E-state index is 0.0316. The van der Waals surface area contributed by atoms with Crippen molar-refractivity contribution in [3.05, 3.63) is 65.7 Å². The summed E-state index contributed by atoms with van der Waals surface area (Å²) in [5, 5.41) is 0. The molecule has 0 aliphatic rings. The van der Waals surface area contributed by atoms with Gasteiger partial charge in [0.05, 0.1) is 0 Å². The lowest BCUT2D eigenvalue weighted by Gasteiger charge is -2.25. The molecule has 0 N–H and O–H groups in total. The summed E-state index contributed by atoms with van der Waals surface area (Å²) in [5.74, 6) is -0.0107. The average Bonchev–Trinajstić information content (AvgIpc) is 2.62. The first-order valence-corrected chi connectivity index (χ1v) is 8.66. The lowest BCUT2D eigenvalue weighted by atomic mass is 10.1. The number of para-hydroxylation sites is 1. The van der Waals surface area contributed by atoms with Crippen molar-refractivity contribution in [3.63, 3.8) is 0 Å². The molecule has 0 fully saturated rings. The van der Waals surface area contributed by atoms with Crippen molar-refractivity contribution in [1.29, 1.82) is 0 Å². The first-order chi connectivity index (χ1) is 12.0. The molecule has 2 aromatic rings. The Balaban J connectivity index is 2.01. The Morgan fingerprint density at radius 1 is 0.960 bits per heavy atom. The molecule has 0 unspecified atom stereocenters. The number of rotatable bonds is 7. The molecule has 2 amide bonds. The maximum Gasteiger partial charge on any atom is 0.224 e. The second-order valence-electron chi connectivity index (χ2n) is 6.14. The van der Waals surface area contributed by atoms with Crippen molar-refractivity contribution in [2.75, 3.05) is 18.5 Å². The Bertz CT molecular complexity index is 713. The van der Waals surface area contributed by atoms with Gasteiger partial charge in [0, 0.05) is 39.2 Å². The van der Waals surface area contributed by atoms with Gasteiger partial charge in [0.1, 0.15) is 0 Å². The molecule has 0 saturated carbocycles. The molecule has 0 heterocycles. The summed E-state index contributed by atoms with van der Waals surface area (Å²) in [6.45, 7) is 4.58. The van der Waals surface area contributed by atoms with E-state index in [4.69, 9.17) is 0 Å². The zero-order chi connectivity index (χ0) is 18.2. The van der Waals surface area contributed by atoms with Gasteiger partial charge in [0.2, 0.25) is 11.8 Å². The molecule has 0 aromatic heterocycles. The van der Waals surface area contributed by atoms with Crippen LogP contribution < -0.4 is 4.90 Å². The maximum absolute atomic E-state index is 12.4. The molecule has 25 heavy (non-hydrogen) atoms. The molecular formula is C21H26N2O2. The Morgan fingerprint density at radius 2 is 1.60 bits per heavy atom. The summed E-state index contributed by atoms with van der Waals surface area (Å²) < 4.78 is 0. The first kappa shape index (κ1) is 18.7. The van der Waals surface area contributed by atoms with E-state index >= 15 is 0 Å². The summed E-state index contributed by atoms with van der Waals surface area (Å²) in [5.41, 5.74) is 3.11. The predicted octanol–water partition coefficient (Wildman–Crippen LogP) is 3.65. The van der Waals surface area contributed by atoms with E-state index in [1.165, 1.54) is 0 Å². The van der Waals surface area contributed by atoms with Gasteiger partial charge in [-0.3, -0.25) is 9.59 Å². The van der Waals surface area contributed by atoms with E-state index in [1.54, 1.807) is 23.8 Å². The van der Waals surface area contributed by atoms with E-state index in [0.717, 1.165) is 23.2 Å². The monoisotopic (exact) mass is 338 g/mol. The van der Waals surface area contributed by atoms with Gasteiger partial charge in [0.15, 0.2) is 0 Å². The number of nitrogens with zero attached hydrogens (tertiary/aromatic N) is 2. The number of aryl methyl sites for hydroxylation is 1. The zero-order valence-electron chi connectivity index (χ0n) is 15.2. The Morgan fingerprint density at radius 3 is 2.24 bits per heavy atom. The minimum atomic E-state index is -0.0422. The highest BCUT2D eigenvalue weighted by Crippen LogP contribution is 2.21. The highest BCUT2D eigenvalue weighted by molar-refractivity contribution is 5.93. The number of hydrogen-bond donors (Lipinski definition) is 0. The van der Waals surface area contributed by atoms with Crippen molar-refractivity contribution < 1.29 is 9.59 Å². The molecule has 0 saturated heterocycles. The Kier molecular flexibility index (Phi) is 6.75. The van der Waals surface area contributed by atoms with Gasteiger partial charge in [-0.2, -0.15) is 0 Å². The number of carbonyl (C=O) groups is 2. The molecule has 0 spiro atoms. The fraction of sp³-hybridized carbons (Fsp3) is 0.333. The fourth-order valence-electron chi connectivity index (χ4n) is 2.86. The van der Waals surface area contributed by atoms with Crippen LogP contribution in [0, 0.1) is 0 Å². The average molecular weight is 338 g/mol. The first-order valence-electron chi connectivity index (χ1n) is 8.66. The van der Waals surface area contributed by atoms with Crippen molar-refractivity contribution >= 4 is 17.5 Å². The highest BCUT2D eigenvalue weighted by atomic mass is 16.2. The Hall–Kier alpha value is -2.62. The van der Waals surface area contributed by atoms with Gasteiger partial charge in [-0.15, -0.1) is 0 Å². The molecule has 0 atom stereocenters. The number of amides is 2. The van der Waals surface area contributed by atoms with Crippen molar-refractivity contribution in [1.82, 2.24) is 4.90 Å². The van der Waals surface area contributed by atoms with Crippen LogP contribution in [0.3, 0.4) is 0 Å². The standard InChI is InChI=1S/C21H26N2O2/c1-4-19-12-8-9-13-20(19)23(17(2)24)15-14-21(25)22(3)16-18-10-6-5-7-11-18/h5-13H,4,14-16H2,1-3H3. The lowest BCUT2D eigenvalue weighted by molar-refractivity contribution is -0.130. The maximum atomic E-state index is 12.4. The quantitative estimate of drug-likeness (QED) is 0.773. The van der Waals surface area contributed by atoms with Crippen LogP contribution >= 0.6 is 0 Å². The van der Waals surface area contributed by atoms with E-state index in [1.807, 2.05) is 54.6 Å². The number of carbonyl (C=O) groups excluding carboxylic acids is 2. The van der Waals surface area contributed by atoms with E-state index < -0.39 is 0 Å². The van der Waals surface area contributed by atoms with Crippen LogP contribution in [0.25, 0.3) is 0 Å². The third-order valence-corrected chi connectivity index (χ3v) is 4.28. The number of benzene rings is 2. The summed E-state index contributed by atoms with van der Waals surface area (Å²) in [6.07, 6.45) is 1.16. The molecule has 0 radical (unpaired) electrons. The highest BCUT2D eigenvalue weighted by Gasteiger charge is 2.17. The largest absolute Gasteiger partial charge is 0.341 e. The molecule has 0 aliphatic carbocycles. The zero-order valence-corrected chi connectivity index (χ0v) is 15.2. The van der Waals surface area contributed by atoms with Gasteiger partial charge >= 0.3 is 0 Å². The fourth-order valence-corrected chi connectivity index (χ4v) is 2.86. The summed E-state index contributed by atoms with van der Waals surface area (Å²) in [6, 6.07) is 17.8. The van der Waals surface area contributed by atoms with Gasteiger partial charge in [-0.05, 0) is 23.6 Å². The van der Waals surface area contributed by atoms with E-state index in [2.05, 4.69) is 6.92 Å². The molecule has 132 valence electrons. The van der Waals surface area contributed by atoms with E-state index in [0.29, 0.717) is 19.5 Å². The molecule has 2 rings (SSSR count). The van der Waals surface area contributed by atoms with Crippen LogP contribution in [0.5, 0.6) is 0 Å². The second-order valence-corrected chi connectivity index (χ2v) is 6.14. The second kappa shape index (κ2) is 9.02. The van der Waals surface area contributed by atoms with Gasteiger partial charge < -0.3 is 9.80 Å². The van der Waals surface area contributed by atoms with Crippen LogP contribution in [-0.2, 0) is 22.6 Å². The Labute approximate surface area is 150 Å². The molecule has 0 aliphatic heterocycles. The third-order valence-electron chi connectivity index (χ3n) is 4.28.